The average Bonchev–Trinajstić information content (AvgIpc) is 2.28. The molecule has 0 radical (unpaired) electrons. The number of anilines is 1. The van der Waals surface area contributed by atoms with Crippen molar-refractivity contribution in [3.63, 3.8) is 0 Å². The number of pyridine rings is 1. The van der Waals surface area contributed by atoms with Gasteiger partial charge in [0.2, 0.25) is 0 Å². The molecular formula is C11H15IN2O2. The third-order valence-corrected chi connectivity index (χ3v) is 3.25. The monoisotopic (exact) mass is 334 g/mol. The third kappa shape index (κ3) is 3.62. The van der Waals surface area contributed by atoms with E-state index in [4.69, 9.17) is 10.5 Å². The first kappa shape index (κ1) is 13.2. The summed E-state index contributed by atoms with van der Waals surface area (Å²) in [4.78, 5) is 15.6. The van der Waals surface area contributed by atoms with Crippen molar-refractivity contribution in [2.24, 2.45) is 0 Å². The molecule has 0 saturated carbocycles. The fraction of sp³-hybridized carbons (Fsp3) is 0.455. The summed E-state index contributed by atoms with van der Waals surface area (Å²) in [5, 5.41) is 0. The van der Waals surface area contributed by atoms with Crippen molar-refractivity contribution in [3.05, 3.63) is 21.4 Å². The lowest BCUT2D eigenvalue weighted by atomic mass is 10.2. The number of hydrogen-bond donors (Lipinski definition) is 1. The van der Waals surface area contributed by atoms with E-state index in [9.17, 15) is 4.79 Å². The van der Waals surface area contributed by atoms with Crippen LogP contribution in [0.3, 0.4) is 0 Å². The Balaban J connectivity index is 2.56. The number of rotatable bonds is 5. The molecule has 16 heavy (non-hydrogen) atoms. The highest BCUT2D eigenvalue weighted by Gasteiger charge is 2.13. The number of nitrogen functional groups attached to an aromatic ring is 1. The zero-order chi connectivity index (χ0) is 12.0. The lowest BCUT2D eigenvalue weighted by molar-refractivity contribution is 0.0497. The Hall–Kier alpha value is -0.850. The molecule has 88 valence electrons. The quantitative estimate of drug-likeness (QED) is 0.511. The molecule has 0 aliphatic rings. The van der Waals surface area contributed by atoms with Crippen molar-refractivity contribution in [1.29, 1.82) is 0 Å². The van der Waals surface area contributed by atoms with Gasteiger partial charge in [-0.1, -0.05) is 19.8 Å². The van der Waals surface area contributed by atoms with Gasteiger partial charge in [0.25, 0.3) is 0 Å². The van der Waals surface area contributed by atoms with Gasteiger partial charge in [0.15, 0.2) is 0 Å². The molecule has 0 aromatic carbocycles. The zero-order valence-corrected chi connectivity index (χ0v) is 11.4. The maximum atomic E-state index is 11.7. The van der Waals surface area contributed by atoms with E-state index in [1.165, 1.54) is 6.20 Å². The molecule has 0 aliphatic carbocycles. The van der Waals surface area contributed by atoms with Gasteiger partial charge >= 0.3 is 5.97 Å². The SMILES string of the molecule is CCCCCOC(=O)c1ccnc(N)c1I. The van der Waals surface area contributed by atoms with Crippen molar-refractivity contribution in [2.75, 3.05) is 12.3 Å². The van der Waals surface area contributed by atoms with E-state index in [2.05, 4.69) is 11.9 Å². The smallest absolute Gasteiger partial charge is 0.339 e. The molecule has 0 fully saturated rings. The van der Waals surface area contributed by atoms with Crippen LogP contribution < -0.4 is 5.73 Å². The van der Waals surface area contributed by atoms with Crippen LogP contribution in [-0.4, -0.2) is 17.6 Å². The maximum absolute atomic E-state index is 11.7. The Bertz CT molecular complexity index is 369. The summed E-state index contributed by atoms with van der Waals surface area (Å²) in [6.45, 7) is 2.57. The number of carbonyl (C=O) groups is 1. The van der Waals surface area contributed by atoms with Gasteiger partial charge in [-0.15, -0.1) is 0 Å². The molecule has 1 aromatic rings. The van der Waals surface area contributed by atoms with E-state index in [1.807, 2.05) is 22.6 Å². The topological polar surface area (TPSA) is 65.2 Å². The van der Waals surface area contributed by atoms with Crippen molar-refractivity contribution in [1.82, 2.24) is 4.98 Å². The molecule has 4 nitrogen and oxygen atoms in total. The Morgan fingerprint density at radius 1 is 1.56 bits per heavy atom. The maximum Gasteiger partial charge on any atom is 0.339 e. The molecule has 1 aromatic heterocycles. The second kappa shape index (κ2) is 6.67. The lowest BCUT2D eigenvalue weighted by Gasteiger charge is -2.06. The second-order valence-electron chi connectivity index (χ2n) is 3.40. The van der Waals surface area contributed by atoms with Gasteiger partial charge < -0.3 is 10.5 Å². The van der Waals surface area contributed by atoms with Crippen molar-refractivity contribution >= 4 is 34.4 Å². The molecule has 0 bridgehead atoms. The number of hydrogen-bond acceptors (Lipinski definition) is 4. The van der Waals surface area contributed by atoms with E-state index < -0.39 is 0 Å². The molecule has 1 heterocycles. The molecule has 0 spiro atoms. The van der Waals surface area contributed by atoms with Crippen LogP contribution in [0.25, 0.3) is 0 Å². The fourth-order valence-electron chi connectivity index (χ4n) is 1.21. The van der Waals surface area contributed by atoms with Gasteiger partial charge in [-0.25, -0.2) is 9.78 Å². The van der Waals surface area contributed by atoms with Crippen LogP contribution in [0.4, 0.5) is 5.82 Å². The predicted molar refractivity (Wildman–Crippen MR) is 71.2 cm³/mol. The van der Waals surface area contributed by atoms with Gasteiger partial charge in [-0.3, -0.25) is 0 Å². The summed E-state index contributed by atoms with van der Waals surface area (Å²) in [5.41, 5.74) is 6.10. The van der Waals surface area contributed by atoms with E-state index in [0.29, 0.717) is 21.6 Å². The van der Waals surface area contributed by atoms with Gasteiger partial charge in [-0.2, -0.15) is 0 Å². The summed E-state index contributed by atoms with van der Waals surface area (Å²) in [5.74, 6) is 0.0400. The summed E-state index contributed by atoms with van der Waals surface area (Å²) in [6, 6.07) is 1.63. The first-order valence-corrected chi connectivity index (χ1v) is 6.31. The van der Waals surface area contributed by atoms with Crippen LogP contribution >= 0.6 is 22.6 Å². The molecule has 0 amide bonds. The number of ether oxygens (including phenoxy) is 1. The van der Waals surface area contributed by atoms with Crippen molar-refractivity contribution in [2.45, 2.75) is 26.2 Å². The van der Waals surface area contributed by atoms with Crippen molar-refractivity contribution in [3.8, 4) is 0 Å². The normalized spacial score (nSPS) is 10.1. The fourth-order valence-corrected chi connectivity index (χ4v) is 1.75. The van der Waals surface area contributed by atoms with Crippen LogP contribution in [-0.2, 0) is 4.74 Å². The van der Waals surface area contributed by atoms with Crippen LogP contribution in [0.5, 0.6) is 0 Å². The van der Waals surface area contributed by atoms with Gasteiger partial charge in [0.1, 0.15) is 5.82 Å². The number of unbranched alkanes of at least 4 members (excludes halogenated alkanes) is 2. The average molecular weight is 334 g/mol. The Kier molecular flexibility index (Phi) is 5.51. The standard InChI is InChI=1S/C11H15IN2O2/c1-2-3-4-7-16-11(15)8-5-6-14-10(13)9(8)12/h5-6H,2-4,7H2,1H3,(H2,13,14). The summed E-state index contributed by atoms with van der Waals surface area (Å²) in [6.07, 6.45) is 4.60. The Morgan fingerprint density at radius 3 is 3.00 bits per heavy atom. The third-order valence-electron chi connectivity index (χ3n) is 2.12. The number of esters is 1. The summed E-state index contributed by atoms with van der Waals surface area (Å²) < 4.78 is 5.79. The van der Waals surface area contributed by atoms with Crippen LogP contribution in [0.1, 0.15) is 36.5 Å². The van der Waals surface area contributed by atoms with Crippen LogP contribution in [0, 0.1) is 3.57 Å². The number of halogens is 1. The number of nitrogens with two attached hydrogens (primary N) is 1. The molecule has 0 aliphatic heterocycles. The minimum absolute atomic E-state index is 0.324. The summed E-state index contributed by atoms with van der Waals surface area (Å²) >= 11 is 2.00. The largest absolute Gasteiger partial charge is 0.462 e. The minimum Gasteiger partial charge on any atom is -0.462 e. The Labute approximate surface area is 109 Å². The first-order valence-electron chi connectivity index (χ1n) is 5.24. The Morgan fingerprint density at radius 2 is 2.31 bits per heavy atom. The molecule has 0 unspecified atom stereocenters. The molecule has 5 heteroatoms. The van der Waals surface area contributed by atoms with E-state index in [1.54, 1.807) is 6.07 Å². The lowest BCUT2D eigenvalue weighted by Crippen LogP contribution is -2.10. The number of nitrogens with zero attached hydrogens (tertiary/aromatic N) is 1. The highest BCUT2D eigenvalue weighted by Crippen LogP contribution is 2.17. The highest BCUT2D eigenvalue weighted by molar-refractivity contribution is 14.1. The van der Waals surface area contributed by atoms with Crippen molar-refractivity contribution < 1.29 is 9.53 Å². The van der Waals surface area contributed by atoms with Gasteiger partial charge in [-0.05, 0) is 35.1 Å². The molecule has 1 rings (SSSR count). The number of aromatic nitrogens is 1. The first-order chi connectivity index (χ1) is 7.66. The van der Waals surface area contributed by atoms with E-state index in [0.717, 1.165) is 19.3 Å². The predicted octanol–water partition coefficient (Wildman–Crippen LogP) is 2.62. The molecule has 2 N–H and O–H groups in total. The molecule has 0 atom stereocenters. The molecular weight excluding hydrogens is 319 g/mol. The van der Waals surface area contributed by atoms with Crippen LogP contribution in [0.2, 0.25) is 0 Å². The van der Waals surface area contributed by atoms with Gasteiger partial charge in [0.05, 0.1) is 15.7 Å². The highest BCUT2D eigenvalue weighted by atomic mass is 127. The second-order valence-corrected chi connectivity index (χ2v) is 4.48. The zero-order valence-electron chi connectivity index (χ0n) is 9.20. The van der Waals surface area contributed by atoms with E-state index in [-0.39, 0.29) is 5.97 Å². The number of carbonyl (C=O) groups excluding carboxylic acids is 1. The van der Waals surface area contributed by atoms with E-state index >= 15 is 0 Å². The minimum atomic E-state index is -0.324. The molecule has 0 saturated heterocycles. The summed E-state index contributed by atoms with van der Waals surface area (Å²) in [7, 11) is 0. The van der Waals surface area contributed by atoms with Crippen LogP contribution in [0.15, 0.2) is 12.3 Å². The van der Waals surface area contributed by atoms with Gasteiger partial charge in [0, 0.05) is 6.20 Å².